The summed E-state index contributed by atoms with van der Waals surface area (Å²) in [5, 5.41) is 2.33. The van der Waals surface area contributed by atoms with Crippen LogP contribution in [0.15, 0.2) is 47.4 Å². The molecular formula is C17H17N3O5S. The topological polar surface area (TPSA) is 99.5 Å². The number of amides is 1. The monoisotopic (exact) mass is 375 g/mol. The second kappa shape index (κ2) is 8.15. The quantitative estimate of drug-likeness (QED) is 0.793. The number of nitrogens with zero attached hydrogens (tertiary/aromatic N) is 2. The van der Waals surface area contributed by atoms with E-state index >= 15 is 0 Å². The van der Waals surface area contributed by atoms with Crippen LogP contribution in [0, 0.1) is 0 Å². The summed E-state index contributed by atoms with van der Waals surface area (Å²) in [6, 6.07) is 10.2. The maximum Gasteiger partial charge on any atom is 0.350 e. The molecule has 0 unspecified atom stereocenters. The average Bonchev–Trinajstić information content (AvgIpc) is 3.09. The lowest BCUT2D eigenvalue weighted by Crippen LogP contribution is -2.27. The number of anilines is 1. The van der Waals surface area contributed by atoms with Crippen molar-refractivity contribution in [2.45, 2.75) is 17.7 Å². The molecule has 0 radical (unpaired) electrons. The molecule has 3 rings (SSSR count). The van der Waals surface area contributed by atoms with Crippen LogP contribution in [0.4, 0.5) is 5.82 Å². The van der Waals surface area contributed by atoms with Gasteiger partial charge in [-0.1, -0.05) is 30.0 Å². The molecule has 26 heavy (non-hydrogen) atoms. The minimum absolute atomic E-state index is 0.129. The zero-order valence-corrected chi connectivity index (χ0v) is 14.8. The molecule has 0 saturated carbocycles. The van der Waals surface area contributed by atoms with Gasteiger partial charge in [-0.15, -0.1) is 0 Å². The molecule has 9 heteroatoms. The highest BCUT2D eigenvalue weighted by atomic mass is 32.2. The number of carbonyl (C=O) groups excluding carboxylic acids is 2. The van der Waals surface area contributed by atoms with E-state index < -0.39 is 5.69 Å². The molecule has 1 fully saturated rings. The van der Waals surface area contributed by atoms with Gasteiger partial charge >= 0.3 is 11.7 Å². The van der Waals surface area contributed by atoms with E-state index in [4.69, 9.17) is 9.47 Å². The lowest BCUT2D eigenvalue weighted by Gasteiger charge is -2.12. The first-order chi connectivity index (χ1) is 12.5. The SMILES string of the molecule is CC(=O)OC[C@@H]1OC[C@H](n2ccc(NC(=O)c3ccccc3)nc2=O)S1. The molecule has 0 aliphatic carbocycles. The normalized spacial score (nSPS) is 19.1. The van der Waals surface area contributed by atoms with Crippen molar-refractivity contribution in [3.8, 4) is 0 Å². The third-order valence-corrected chi connectivity index (χ3v) is 4.83. The van der Waals surface area contributed by atoms with Gasteiger partial charge in [0.15, 0.2) is 0 Å². The molecule has 136 valence electrons. The summed E-state index contributed by atoms with van der Waals surface area (Å²) in [4.78, 5) is 39.1. The van der Waals surface area contributed by atoms with Gasteiger partial charge in [-0.25, -0.2) is 4.79 Å². The fraction of sp³-hybridized carbons (Fsp3) is 0.294. The van der Waals surface area contributed by atoms with Gasteiger partial charge in [-0.2, -0.15) is 4.98 Å². The summed E-state index contributed by atoms with van der Waals surface area (Å²) in [6.07, 6.45) is 1.56. The summed E-state index contributed by atoms with van der Waals surface area (Å²) >= 11 is 1.37. The summed E-state index contributed by atoms with van der Waals surface area (Å²) in [5.74, 6) is -0.536. The maximum absolute atomic E-state index is 12.3. The zero-order chi connectivity index (χ0) is 18.5. The molecule has 2 heterocycles. The second-order valence-electron chi connectivity index (χ2n) is 5.48. The number of hydrogen-bond donors (Lipinski definition) is 1. The second-order valence-corrected chi connectivity index (χ2v) is 6.82. The lowest BCUT2D eigenvalue weighted by atomic mass is 10.2. The number of hydrogen-bond acceptors (Lipinski definition) is 7. The standard InChI is InChI=1S/C17H17N3O5S/c1-11(21)24-10-15-25-9-14(26-15)20-8-7-13(19-17(20)23)18-16(22)12-5-3-2-4-6-12/h2-8,14-15H,9-10H2,1H3,(H,18,19,22,23)/t14-,15-/m1/s1. The molecule has 1 aromatic carbocycles. The van der Waals surface area contributed by atoms with Crippen LogP contribution in [0.3, 0.4) is 0 Å². The van der Waals surface area contributed by atoms with E-state index in [1.807, 2.05) is 6.07 Å². The number of ether oxygens (including phenoxy) is 2. The number of carbonyl (C=O) groups is 2. The average molecular weight is 375 g/mol. The number of benzene rings is 1. The Labute approximate surface area is 153 Å². The van der Waals surface area contributed by atoms with Gasteiger partial charge in [0.25, 0.3) is 5.91 Å². The Hall–Kier alpha value is -2.65. The van der Waals surface area contributed by atoms with Crippen LogP contribution in [0.25, 0.3) is 0 Å². The van der Waals surface area contributed by atoms with Crippen molar-refractivity contribution in [2.24, 2.45) is 0 Å². The molecular weight excluding hydrogens is 358 g/mol. The van der Waals surface area contributed by atoms with Crippen LogP contribution in [0.1, 0.15) is 22.7 Å². The number of thioether (sulfide) groups is 1. The molecule has 1 aromatic heterocycles. The van der Waals surface area contributed by atoms with Crippen molar-refractivity contribution in [3.63, 3.8) is 0 Å². The van der Waals surface area contributed by atoms with E-state index in [2.05, 4.69) is 10.3 Å². The van der Waals surface area contributed by atoms with E-state index in [1.165, 1.54) is 23.3 Å². The maximum atomic E-state index is 12.3. The first-order valence-corrected chi connectivity index (χ1v) is 8.83. The van der Waals surface area contributed by atoms with E-state index in [-0.39, 0.29) is 35.1 Å². The number of rotatable bonds is 5. The van der Waals surface area contributed by atoms with Crippen LogP contribution >= 0.6 is 11.8 Å². The Morgan fingerprint density at radius 3 is 2.81 bits per heavy atom. The van der Waals surface area contributed by atoms with E-state index in [0.717, 1.165) is 0 Å². The highest BCUT2D eigenvalue weighted by Crippen LogP contribution is 2.34. The summed E-state index contributed by atoms with van der Waals surface area (Å²) in [7, 11) is 0. The van der Waals surface area contributed by atoms with Gasteiger partial charge in [0.05, 0.1) is 6.61 Å². The minimum Gasteiger partial charge on any atom is -0.462 e. The van der Waals surface area contributed by atoms with Gasteiger partial charge in [0.2, 0.25) is 0 Å². The summed E-state index contributed by atoms with van der Waals surface area (Å²) in [6.45, 7) is 1.76. The number of aromatic nitrogens is 2. The van der Waals surface area contributed by atoms with Crippen molar-refractivity contribution >= 4 is 29.5 Å². The summed E-state index contributed by atoms with van der Waals surface area (Å²) < 4.78 is 11.8. The minimum atomic E-state index is -0.495. The highest BCUT2D eigenvalue weighted by Gasteiger charge is 2.29. The molecule has 1 aliphatic rings. The van der Waals surface area contributed by atoms with Crippen molar-refractivity contribution in [2.75, 3.05) is 18.5 Å². The van der Waals surface area contributed by atoms with Crippen LogP contribution in [-0.4, -0.2) is 40.1 Å². The van der Waals surface area contributed by atoms with Gasteiger partial charge in [0.1, 0.15) is 23.2 Å². The van der Waals surface area contributed by atoms with Gasteiger partial charge in [-0.05, 0) is 18.2 Å². The van der Waals surface area contributed by atoms with Crippen LogP contribution in [0.5, 0.6) is 0 Å². The number of nitrogens with one attached hydrogen (secondary N) is 1. The third kappa shape index (κ3) is 4.50. The number of esters is 1. The molecule has 8 nitrogen and oxygen atoms in total. The molecule has 1 N–H and O–H groups in total. The van der Waals surface area contributed by atoms with Crippen molar-refractivity contribution in [3.05, 3.63) is 58.6 Å². The molecule has 2 aromatic rings. The molecule has 0 spiro atoms. The Bertz CT molecular complexity index is 855. The molecule has 0 bridgehead atoms. The van der Waals surface area contributed by atoms with E-state index in [1.54, 1.807) is 36.5 Å². The van der Waals surface area contributed by atoms with Gasteiger partial charge in [-0.3, -0.25) is 14.2 Å². The van der Waals surface area contributed by atoms with E-state index in [0.29, 0.717) is 12.2 Å². The predicted octanol–water partition coefficient (Wildman–Crippen LogP) is 1.65. The van der Waals surface area contributed by atoms with Gasteiger partial charge < -0.3 is 14.8 Å². The van der Waals surface area contributed by atoms with Crippen LogP contribution in [0.2, 0.25) is 0 Å². The molecule has 2 atom stereocenters. The Morgan fingerprint density at radius 1 is 1.35 bits per heavy atom. The first kappa shape index (κ1) is 18.2. The lowest BCUT2D eigenvalue weighted by molar-refractivity contribution is -0.142. The third-order valence-electron chi connectivity index (χ3n) is 3.57. The van der Waals surface area contributed by atoms with Gasteiger partial charge in [0, 0.05) is 18.7 Å². The van der Waals surface area contributed by atoms with Crippen LogP contribution in [-0.2, 0) is 14.3 Å². The van der Waals surface area contributed by atoms with Crippen molar-refractivity contribution in [1.29, 1.82) is 0 Å². The van der Waals surface area contributed by atoms with E-state index in [9.17, 15) is 14.4 Å². The van der Waals surface area contributed by atoms with Crippen molar-refractivity contribution in [1.82, 2.24) is 9.55 Å². The smallest absolute Gasteiger partial charge is 0.350 e. The fourth-order valence-corrected chi connectivity index (χ4v) is 3.44. The highest BCUT2D eigenvalue weighted by molar-refractivity contribution is 8.00. The summed E-state index contributed by atoms with van der Waals surface area (Å²) in [5.41, 5.74) is -0.343. The molecule has 1 saturated heterocycles. The fourth-order valence-electron chi connectivity index (χ4n) is 2.34. The molecule has 1 amide bonds. The molecule has 1 aliphatic heterocycles. The van der Waals surface area contributed by atoms with Crippen LogP contribution < -0.4 is 11.0 Å². The predicted molar refractivity (Wildman–Crippen MR) is 95.9 cm³/mol. The first-order valence-electron chi connectivity index (χ1n) is 7.89. The Kier molecular flexibility index (Phi) is 5.69. The largest absolute Gasteiger partial charge is 0.462 e. The Morgan fingerprint density at radius 2 is 2.12 bits per heavy atom. The van der Waals surface area contributed by atoms with Crippen molar-refractivity contribution < 1.29 is 19.1 Å². The zero-order valence-electron chi connectivity index (χ0n) is 14.0. The Balaban J connectivity index is 1.64.